The Labute approximate surface area is 244 Å². The van der Waals surface area contributed by atoms with Gasteiger partial charge < -0.3 is 4.74 Å². The maximum Gasteiger partial charge on any atom is 0.282 e. The van der Waals surface area contributed by atoms with Crippen LogP contribution >= 0.6 is 79.6 Å². The van der Waals surface area contributed by atoms with Crippen molar-refractivity contribution in [1.82, 2.24) is 9.66 Å². The van der Waals surface area contributed by atoms with Gasteiger partial charge in [0, 0.05) is 25.4 Å². The van der Waals surface area contributed by atoms with E-state index in [2.05, 4.69) is 89.7 Å². The van der Waals surface area contributed by atoms with E-state index in [4.69, 9.17) is 4.74 Å². The van der Waals surface area contributed by atoms with E-state index < -0.39 is 0 Å². The zero-order chi connectivity index (χ0) is 25.1. The van der Waals surface area contributed by atoms with Gasteiger partial charge in [0.25, 0.3) is 5.56 Å². The largest absolute Gasteiger partial charge is 0.486 e. The van der Waals surface area contributed by atoms with E-state index >= 15 is 0 Å². The van der Waals surface area contributed by atoms with Crippen LogP contribution in [0.3, 0.4) is 0 Å². The molecule has 0 aliphatic rings. The number of benzene rings is 3. The molecule has 35 heavy (non-hydrogen) atoms. The molecule has 4 aromatic rings. The van der Waals surface area contributed by atoms with Gasteiger partial charge in [-0.05, 0) is 86.3 Å². The number of ether oxygens (including phenoxy) is 1. The standard InChI is InChI=1S/C25H18Br5N3O2/c1-2-3-23-32-22-7-6-16(26)10-18(22)25(34)33(23)31-12-14-8-20(29)24(21(30)9-14)35-13-15-4-5-17(27)11-19(15)28/h4-12H,2-3,13H2,1H3. The Morgan fingerprint density at radius 1 is 0.943 bits per heavy atom. The second kappa shape index (κ2) is 11.8. The summed E-state index contributed by atoms with van der Waals surface area (Å²) in [7, 11) is 0. The Morgan fingerprint density at radius 3 is 2.31 bits per heavy atom. The molecule has 0 aliphatic heterocycles. The molecule has 1 aromatic heterocycles. The van der Waals surface area contributed by atoms with Gasteiger partial charge in [0.05, 0.1) is 26.1 Å². The highest BCUT2D eigenvalue weighted by atomic mass is 79.9. The Morgan fingerprint density at radius 2 is 1.63 bits per heavy atom. The number of fused-ring (bicyclic) bond motifs is 1. The molecule has 0 N–H and O–H groups in total. The van der Waals surface area contributed by atoms with Crippen LogP contribution in [0.4, 0.5) is 0 Å². The lowest BCUT2D eigenvalue weighted by Crippen LogP contribution is -2.22. The summed E-state index contributed by atoms with van der Waals surface area (Å²) >= 11 is 17.7. The maximum absolute atomic E-state index is 13.2. The van der Waals surface area contributed by atoms with Crippen LogP contribution < -0.4 is 10.3 Å². The lowest BCUT2D eigenvalue weighted by Gasteiger charge is -2.13. The van der Waals surface area contributed by atoms with E-state index in [1.807, 2.05) is 49.4 Å². The van der Waals surface area contributed by atoms with Gasteiger partial charge in [0.1, 0.15) is 18.2 Å². The third-order valence-electron chi connectivity index (χ3n) is 5.08. The highest BCUT2D eigenvalue weighted by molar-refractivity contribution is 9.11. The minimum Gasteiger partial charge on any atom is -0.486 e. The Kier molecular flexibility index (Phi) is 9.02. The van der Waals surface area contributed by atoms with E-state index in [-0.39, 0.29) is 5.56 Å². The molecule has 4 rings (SSSR count). The third kappa shape index (κ3) is 6.33. The molecule has 0 bridgehead atoms. The van der Waals surface area contributed by atoms with Crippen molar-refractivity contribution in [3.05, 3.63) is 98.2 Å². The molecule has 180 valence electrons. The summed E-state index contributed by atoms with van der Waals surface area (Å²) in [5.74, 6) is 1.31. The second-order valence-electron chi connectivity index (χ2n) is 7.64. The van der Waals surface area contributed by atoms with Gasteiger partial charge in [-0.1, -0.05) is 60.8 Å². The normalized spacial score (nSPS) is 11.5. The average Bonchev–Trinajstić information content (AvgIpc) is 2.80. The lowest BCUT2D eigenvalue weighted by molar-refractivity contribution is 0.301. The van der Waals surface area contributed by atoms with Crippen LogP contribution in [-0.2, 0) is 13.0 Å². The quantitative estimate of drug-likeness (QED) is 0.176. The van der Waals surface area contributed by atoms with Gasteiger partial charge in [0.15, 0.2) is 0 Å². The number of rotatable bonds is 7. The molecule has 0 radical (unpaired) electrons. The van der Waals surface area contributed by atoms with Crippen LogP contribution in [0.25, 0.3) is 10.9 Å². The number of aromatic nitrogens is 2. The summed E-state index contributed by atoms with van der Waals surface area (Å²) in [6.07, 6.45) is 3.14. The van der Waals surface area contributed by atoms with Crippen LogP contribution in [0.15, 0.2) is 80.8 Å². The fourth-order valence-electron chi connectivity index (χ4n) is 3.40. The summed E-state index contributed by atoms with van der Waals surface area (Å²) < 4.78 is 11.8. The van der Waals surface area contributed by atoms with Crippen LogP contribution in [-0.4, -0.2) is 15.9 Å². The minimum absolute atomic E-state index is 0.200. The molecular formula is C25H18Br5N3O2. The monoisotopic (exact) mass is 787 g/mol. The van der Waals surface area contributed by atoms with Gasteiger partial charge >= 0.3 is 0 Å². The first-order valence-corrected chi connectivity index (χ1v) is 14.5. The lowest BCUT2D eigenvalue weighted by atomic mass is 10.2. The number of nitrogens with zero attached hydrogens (tertiary/aromatic N) is 3. The SMILES string of the molecule is CCCc1nc2ccc(Br)cc2c(=O)n1N=Cc1cc(Br)c(OCc2ccc(Br)cc2Br)c(Br)c1. The van der Waals surface area contributed by atoms with Gasteiger partial charge in [-0.25, -0.2) is 4.98 Å². The molecule has 0 saturated carbocycles. The van der Waals surface area contributed by atoms with E-state index in [1.165, 1.54) is 4.68 Å². The van der Waals surface area contributed by atoms with Crippen molar-refractivity contribution in [2.24, 2.45) is 5.10 Å². The van der Waals surface area contributed by atoms with Crippen LogP contribution in [0.5, 0.6) is 5.75 Å². The third-order valence-corrected chi connectivity index (χ3v) is 7.98. The first kappa shape index (κ1) is 26.7. The molecule has 5 nitrogen and oxygen atoms in total. The van der Waals surface area contributed by atoms with Crippen molar-refractivity contribution in [3.63, 3.8) is 0 Å². The number of halogens is 5. The van der Waals surface area contributed by atoms with Crippen molar-refractivity contribution in [3.8, 4) is 5.75 Å². The molecule has 0 atom stereocenters. The Bertz CT molecular complexity index is 1480. The van der Waals surface area contributed by atoms with Crippen molar-refractivity contribution < 1.29 is 4.74 Å². The summed E-state index contributed by atoms with van der Waals surface area (Å²) in [6, 6.07) is 15.2. The van der Waals surface area contributed by atoms with Crippen molar-refractivity contribution >= 4 is 96.8 Å². The minimum atomic E-state index is -0.200. The first-order valence-electron chi connectivity index (χ1n) is 10.6. The predicted molar refractivity (Wildman–Crippen MR) is 159 cm³/mol. The van der Waals surface area contributed by atoms with Gasteiger partial charge in [0.2, 0.25) is 0 Å². The molecule has 0 amide bonds. The first-order chi connectivity index (χ1) is 16.8. The smallest absolute Gasteiger partial charge is 0.282 e. The van der Waals surface area contributed by atoms with E-state index in [9.17, 15) is 4.79 Å². The number of hydrogen-bond donors (Lipinski definition) is 0. The van der Waals surface area contributed by atoms with Crippen LogP contribution in [0, 0.1) is 0 Å². The summed E-state index contributed by atoms with van der Waals surface area (Å²) in [5, 5.41) is 5.02. The van der Waals surface area contributed by atoms with Gasteiger partial charge in [-0.2, -0.15) is 9.78 Å². The summed E-state index contributed by atoms with van der Waals surface area (Å²) in [5.41, 5.74) is 2.28. The number of hydrogen-bond acceptors (Lipinski definition) is 4. The number of aryl methyl sites for hydroxylation is 1. The molecule has 0 saturated heterocycles. The van der Waals surface area contributed by atoms with E-state index in [0.29, 0.717) is 35.5 Å². The molecule has 3 aromatic carbocycles. The zero-order valence-electron chi connectivity index (χ0n) is 18.4. The fourth-order valence-corrected chi connectivity index (χ4v) is 6.38. The maximum atomic E-state index is 13.2. The van der Waals surface area contributed by atoms with E-state index in [0.717, 1.165) is 39.9 Å². The van der Waals surface area contributed by atoms with Crippen molar-refractivity contribution in [2.45, 2.75) is 26.4 Å². The van der Waals surface area contributed by atoms with Crippen LogP contribution in [0.1, 0.15) is 30.3 Å². The second-order valence-corrected chi connectivity index (χ2v) is 12.0. The molecule has 1 heterocycles. The van der Waals surface area contributed by atoms with Crippen molar-refractivity contribution in [2.75, 3.05) is 0 Å². The molecule has 0 aliphatic carbocycles. The molecular weight excluding hydrogens is 774 g/mol. The predicted octanol–water partition coefficient (Wildman–Crippen LogP) is 8.62. The van der Waals surface area contributed by atoms with Crippen molar-refractivity contribution in [1.29, 1.82) is 0 Å². The highest BCUT2D eigenvalue weighted by Gasteiger charge is 2.12. The van der Waals surface area contributed by atoms with E-state index in [1.54, 1.807) is 12.3 Å². The molecule has 0 unspecified atom stereocenters. The van der Waals surface area contributed by atoms with Gasteiger partial charge in [-0.3, -0.25) is 4.79 Å². The van der Waals surface area contributed by atoms with Gasteiger partial charge in [-0.15, -0.1) is 0 Å². The highest BCUT2D eigenvalue weighted by Crippen LogP contribution is 2.35. The summed E-state index contributed by atoms with van der Waals surface area (Å²) in [4.78, 5) is 17.9. The molecule has 10 heteroatoms. The zero-order valence-corrected chi connectivity index (χ0v) is 26.3. The van der Waals surface area contributed by atoms with Crippen LogP contribution in [0.2, 0.25) is 0 Å². The molecule has 0 fully saturated rings. The fraction of sp³-hybridized carbons (Fsp3) is 0.160. The summed E-state index contributed by atoms with van der Waals surface area (Å²) in [6.45, 7) is 2.44. The Balaban J connectivity index is 1.63. The Hall–Kier alpha value is -1.33. The average molecular weight is 792 g/mol. The molecule has 0 spiro atoms. The topological polar surface area (TPSA) is 56.5 Å².